The molecule has 100 valence electrons. The Balaban J connectivity index is 2.46. The van der Waals surface area contributed by atoms with Gasteiger partial charge in [0, 0.05) is 22.3 Å². The highest BCUT2D eigenvalue weighted by Gasteiger charge is 2.10. The summed E-state index contributed by atoms with van der Waals surface area (Å²) < 4.78 is 1.12. The van der Waals surface area contributed by atoms with Crippen molar-refractivity contribution in [2.45, 2.75) is 26.2 Å². The summed E-state index contributed by atoms with van der Waals surface area (Å²) in [5.41, 5.74) is 0.690. The summed E-state index contributed by atoms with van der Waals surface area (Å²) in [4.78, 5) is 11.9. The number of aliphatic hydroxyl groups is 1. The fourth-order valence-electron chi connectivity index (χ4n) is 1.88. The fraction of sp³-hybridized carbons (Fsp3) is 0.500. The molecule has 1 aromatic rings. The second-order valence-electron chi connectivity index (χ2n) is 4.38. The molecule has 0 heterocycles. The molecule has 18 heavy (non-hydrogen) atoms. The number of amides is 1. The van der Waals surface area contributed by atoms with Crippen LogP contribution in [-0.4, -0.2) is 24.2 Å². The maximum absolute atomic E-state index is 11.9. The second-order valence-corrected chi connectivity index (χ2v) is 5.63. The lowest BCUT2D eigenvalue weighted by Crippen LogP contribution is -2.29. The second kappa shape index (κ2) is 8.48. The van der Waals surface area contributed by atoms with E-state index in [0.29, 0.717) is 18.0 Å². The Labute approximate surface area is 122 Å². The summed E-state index contributed by atoms with van der Waals surface area (Å²) in [5, 5.41) is 11.9. The topological polar surface area (TPSA) is 49.3 Å². The highest BCUT2D eigenvalue weighted by molar-refractivity contribution is 14.1. The Bertz CT molecular complexity index is 359. The van der Waals surface area contributed by atoms with E-state index in [1.54, 1.807) is 0 Å². The SMILES string of the molecule is CCCC(CCO)CNC(=O)c1ccc(I)cc1. The van der Waals surface area contributed by atoms with E-state index in [2.05, 4.69) is 34.8 Å². The molecule has 1 amide bonds. The monoisotopic (exact) mass is 361 g/mol. The Morgan fingerprint density at radius 1 is 1.33 bits per heavy atom. The van der Waals surface area contributed by atoms with Gasteiger partial charge in [-0.05, 0) is 65.6 Å². The first-order valence-corrected chi connectivity index (χ1v) is 7.39. The van der Waals surface area contributed by atoms with Crippen LogP contribution in [0.1, 0.15) is 36.5 Å². The van der Waals surface area contributed by atoms with Crippen LogP contribution in [0.25, 0.3) is 0 Å². The first-order valence-electron chi connectivity index (χ1n) is 6.32. The van der Waals surface area contributed by atoms with Gasteiger partial charge in [-0.1, -0.05) is 13.3 Å². The highest BCUT2D eigenvalue weighted by atomic mass is 127. The minimum absolute atomic E-state index is 0.0366. The smallest absolute Gasteiger partial charge is 0.251 e. The number of rotatable bonds is 7. The van der Waals surface area contributed by atoms with Crippen LogP contribution in [0, 0.1) is 9.49 Å². The Kier molecular flexibility index (Phi) is 7.27. The minimum Gasteiger partial charge on any atom is -0.396 e. The van der Waals surface area contributed by atoms with E-state index in [0.717, 1.165) is 22.8 Å². The van der Waals surface area contributed by atoms with E-state index in [1.807, 2.05) is 24.3 Å². The van der Waals surface area contributed by atoms with Crippen LogP contribution in [0.3, 0.4) is 0 Å². The molecule has 1 rings (SSSR count). The van der Waals surface area contributed by atoms with Crippen molar-refractivity contribution in [3.63, 3.8) is 0 Å². The third kappa shape index (κ3) is 5.35. The number of aliphatic hydroxyl groups excluding tert-OH is 1. The van der Waals surface area contributed by atoms with Gasteiger partial charge in [0.2, 0.25) is 0 Å². The molecule has 1 unspecified atom stereocenters. The molecule has 0 spiro atoms. The molecular formula is C14H20INO2. The quantitative estimate of drug-likeness (QED) is 0.734. The predicted octanol–water partition coefficient (Wildman–Crippen LogP) is 2.82. The average Bonchev–Trinajstić information content (AvgIpc) is 2.37. The van der Waals surface area contributed by atoms with E-state index in [1.165, 1.54) is 0 Å². The molecule has 2 N–H and O–H groups in total. The number of hydrogen-bond donors (Lipinski definition) is 2. The normalized spacial score (nSPS) is 12.2. The largest absolute Gasteiger partial charge is 0.396 e. The highest BCUT2D eigenvalue weighted by Crippen LogP contribution is 2.10. The number of nitrogens with one attached hydrogen (secondary N) is 1. The molecule has 4 heteroatoms. The Hall–Kier alpha value is -0.620. The molecule has 0 saturated heterocycles. The summed E-state index contributed by atoms with van der Waals surface area (Å²) in [7, 11) is 0. The van der Waals surface area contributed by atoms with E-state index in [-0.39, 0.29) is 12.5 Å². The summed E-state index contributed by atoms with van der Waals surface area (Å²) >= 11 is 2.21. The van der Waals surface area contributed by atoms with Gasteiger partial charge in [0.1, 0.15) is 0 Å². The van der Waals surface area contributed by atoms with Crippen LogP contribution in [0.4, 0.5) is 0 Å². The van der Waals surface area contributed by atoms with Crippen molar-refractivity contribution in [2.75, 3.05) is 13.2 Å². The number of hydrogen-bond acceptors (Lipinski definition) is 2. The molecule has 1 aromatic carbocycles. The van der Waals surface area contributed by atoms with E-state index in [4.69, 9.17) is 5.11 Å². The first kappa shape index (κ1) is 15.4. The Morgan fingerprint density at radius 2 is 2.00 bits per heavy atom. The van der Waals surface area contributed by atoms with Gasteiger partial charge in [-0.3, -0.25) is 4.79 Å². The number of benzene rings is 1. The molecule has 0 aromatic heterocycles. The lowest BCUT2D eigenvalue weighted by molar-refractivity contribution is 0.0943. The van der Waals surface area contributed by atoms with Gasteiger partial charge in [0.25, 0.3) is 5.91 Å². The van der Waals surface area contributed by atoms with Crippen molar-refractivity contribution in [3.05, 3.63) is 33.4 Å². The predicted molar refractivity (Wildman–Crippen MR) is 81.6 cm³/mol. The number of carbonyl (C=O) groups is 1. The van der Waals surface area contributed by atoms with Gasteiger partial charge < -0.3 is 10.4 Å². The minimum atomic E-state index is -0.0366. The van der Waals surface area contributed by atoms with E-state index >= 15 is 0 Å². The van der Waals surface area contributed by atoms with E-state index in [9.17, 15) is 4.79 Å². The van der Waals surface area contributed by atoms with Gasteiger partial charge >= 0.3 is 0 Å². The van der Waals surface area contributed by atoms with Crippen LogP contribution in [-0.2, 0) is 0 Å². The van der Waals surface area contributed by atoms with Crippen LogP contribution >= 0.6 is 22.6 Å². The molecule has 0 bridgehead atoms. The van der Waals surface area contributed by atoms with Crippen molar-refractivity contribution in [1.82, 2.24) is 5.32 Å². The molecule has 0 aliphatic rings. The van der Waals surface area contributed by atoms with Crippen molar-refractivity contribution >= 4 is 28.5 Å². The number of carbonyl (C=O) groups excluding carboxylic acids is 1. The number of halogens is 1. The molecule has 3 nitrogen and oxygen atoms in total. The first-order chi connectivity index (χ1) is 8.67. The zero-order valence-corrected chi connectivity index (χ0v) is 12.8. The summed E-state index contributed by atoms with van der Waals surface area (Å²) in [6.45, 7) is 2.94. The third-order valence-corrected chi connectivity index (χ3v) is 3.61. The molecule has 0 saturated carbocycles. The van der Waals surface area contributed by atoms with Crippen LogP contribution in [0.15, 0.2) is 24.3 Å². The van der Waals surface area contributed by atoms with Crippen LogP contribution in [0.5, 0.6) is 0 Å². The van der Waals surface area contributed by atoms with Gasteiger partial charge in [0.05, 0.1) is 0 Å². The molecule has 0 radical (unpaired) electrons. The molecule has 0 fully saturated rings. The molecule has 0 aliphatic heterocycles. The van der Waals surface area contributed by atoms with Gasteiger partial charge in [-0.15, -0.1) is 0 Å². The van der Waals surface area contributed by atoms with Gasteiger partial charge in [-0.25, -0.2) is 0 Å². The fourth-order valence-corrected chi connectivity index (χ4v) is 2.24. The maximum Gasteiger partial charge on any atom is 0.251 e. The van der Waals surface area contributed by atoms with Crippen molar-refractivity contribution < 1.29 is 9.90 Å². The standard InChI is InChI=1S/C14H20INO2/c1-2-3-11(8-9-17)10-16-14(18)12-4-6-13(15)7-5-12/h4-7,11,17H,2-3,8-10H2,1H3,(H,16,18). The third-order valence-electron chi connectivity index (χ3n) is 2.89. The van der Waals surface area contributed by atoms with Crippen molar-refractivity contribution in [3.8, 4) is 0 Å². The summed E-state index contributed by atoms with van der Waals surface area (Å²) in [6, 6.07) is 7.51. The lowest BCUT2D eigenvalue weighted by atomic mass is 10.00. The Morgan fingerprint density at radius 3 is 2.56 bits per heavy atom. The van der Waals surface area contributed by atoms with Crippen LogP contribution < -0.4 is 5.32 Å². The van der Waals surface area contributed by atoms with E-state index < -0.39 is 0 Å². The maximum atomic E-state index is 11.9. The zero-order chi connectivity index (χ0) is 13.4. The molecular weight excluding hydrogens is 341 g/mol. The van der Waals surface area contributed by atoms with Crippen LogP contribution in [0.2, 0.25) is 0 Å². The van der Waals surface area contributed by atoms with Crippen molar-refractivity contribution in [2.24, 2.45) is 5.92 Å². The average molecular weight is 361 g/mol. The molecule has 1 atom stereocenters. The van der Waals surface area contributed by atoms with Gasteiger partial charge in [0.15, 0.2) is 0 Å². The van der Waals surface area contributed by atoms with Gasteiger partial charge in [-0.2, -0.15) is 0 Å². The summed E-state index contributed by atoms with van der Waals surface area (Å²) in [5.74, 6) is 0.332. The van der Waals surface area contributed by atoms with Crippen molar-refractivity contribution in [1.29, 1.82) is 0 Å². The zero-order valence-electron chi connectivity index (χ0n) is 10.7. The summed E-state index contributed by atoms with van der Waals surface area (Å²) in [6.07, 6.45) is 2.86. The molecule has 0 aliphatic carbocycles. The lowest BCUT2D eigenvalue weighted by Gasteiger charge is -2.15.